The van der Waals surface area contributed by atoms with Crippen molar-refractivity contribution in [1.29, 1.82) is 0 Å². The van der Waals surface area contributed by atoms with Crippen molar-refractivity contribution in [3.05, 3.63) is 70.5 Å². The molecule has 0 aromatic heterocycles. The molecule has 0 atom stereocenters. The Morgan fingerprint density at radius 1 is 1.15 bits per heavy atom. The maximum Gasteiger partial charge on any atom is 0.195 e. The number of ketones is 1. The number of halogens is 1. The van der Waals surface area contributed by atoms with Gasteiger partial charge < -0.3 is 0 Å². The molecular weight excluding hydrogens is 251 g/mol. The second-order valence-electron chi connectivity index (χ2n) is 5.52. The third-order valence-corrected chi connectivity index (χ3v) is 4.16. The first-order chi connectivity index (χ1) is 9.66. The molecule has 0 spiro atoms. The summed E-state index contributed by atoms with van der Waals surface area (Å²) in [5.41, 5.74) is 2.45. The summed E-state index contributed by atoms with van der Waals surface area (Å²) in [5.74, 6) is -0.0657. The molecule has 1 saturated carbocycles. The van der Waals surface area contributed by atoms with E-state index in [1.165, 1.54) is 24.8 Å². The number of carbonyl (C=O) groups is 1. The highest BCUT2D eigenvalue weighted by molar-refractivity contribution is 6.09. The number of hydrogen-bond acceptors (Lipinski definition) is 1. The van der Waals surface area contributed by atoms with Gasteiger partial charge in [0.1, 0.15) is 5.82 Å². The normalized spacial score (nSPS) is 14.9. The molecule has 2 aromatic carbocycles. The minimum atomic E-state index is -0.411. The lowest BCUT2D eigenvalue weighted by Gasteiger charge is -2.26. The van der Waals surface area contributed by atoms with Crippen LogP contribution in [0.2, 0.25) is 0 Å². The lowest BCUT2D eigenvalue weighted by molar-refractivity contribution is 0.103. The summed E-state index contributed by atoms with van der Waals surface area (Å²) >= 11 is 0. The fourth-order valence-corrected chi connectivity index (χ4v) is 2.65. The molecule has 20 heavy (non-hydrogen) atoms. The first-order valence-electron chi connectivity index (χ1n) is 7.06. The average Bonchev–Trinajstić information content (AvgIpc) is 2.40. The van der Waals surface area contributed by atoms with Gasteiger partial charge in [0.25, 0.3) is 0 Å². The Morgan fingerprint density at radius 2 is 1.90 bits per heavy atom. The summed E-state index contributed by atoms with van der Waals surface area (Å²) in [6, 6.07) is 12.6. The summed E-state index contributed by atoms with van der Waals surface area (Å²) in [6.07, 6.45) is 3.64. The van der Waals surface area contributed by atoms with Gasteiger partial charge in [-0.25, -0.2) is 4.39 Å². The van der Waals surface area contributed by atoms with Gasteiger partial charge in [0.2, 0.25) is 0 Å². The van der Waals surface area contributed by atoms with Crippen LogP contribution < -0.4 is 0 Å². The number of aryl methyl sites for hydroxylation is 1. The van der Waals surface area contributed by atoms with Crippen molar-refractivity contribution in [3.8, 4) is 0 Å². The second kappa shape index (κ2) is 5.20. The number of hydrogen-bond donors (Lipinski definition) is 0. The number of carbonyl (C=O) groups excluding carboxylic acids is 1. The maximum absolute atomic E-state index is 14.1. The van der Waals surface area contributed by atoms with Gasteiger partial charge in [-0.1, -0.05) is 36.8 Å². The zero-order chi connectivity index (χ0) is 14.1. The fraction of sp³-hybridized carbons (Fsp3) is 0.278. The largest absolute Gasteiger partial charge is 0.288 e. The van der Waals surface area contributed by atoms with Crippen LogP contribution in [0.3, 0.4) is 0 Å². The highest BCUT2D eigenvalue weighted by Crippen LogP contribution is 2.36. The minimum Gasteiger partial charge on any atom is -0.288 e. The van der Waals surface area contributed by atoms with E-state index in [0.717, 1.165) is 0 Å². The van der Waals surface area contributed by atoms with Gasteiger partial charge in [-0.05, 0) is 48.9 Å². The molecule has 2 aromatic rings. The summed E-state index contributed by atoms with van der Waals surface area (Å²) in [6.45, 7) is 1.68. The van der Waals surface area contributed by atoms with Gasteiger partial charge in [0.05, 0.1) is 5.56 Å². The summed E-state index contributed by atoms with van der Waals surface area (Å²) < 4.78 is 14.1. The molecule has 0 amide bonds. The summed E-state index contributed by atoms with van der Waals surface area (Å²) in [7, 11) is 0. The van der Waals surface area contributed by atoms with Crippen LogP contribution in [0.15, 0.2) is 42.5 Å². The van der Waals surface area contributed by atoms with E-state index in [9.17, 15) is 9.18 Å². The van der Waals surface area contributed by atoms with Crippen LogP contribution in [-0.2, 0) is 0 Å². The predicted octanol–water partition coefficient (Wildman–Crippen LogP) is 4.63. The van der Waals surface area contributed by atoms with Crippen molar-refractivity contribution in [2.24, 2.45) is 0 Å². The fourth-order valence-electron chi connectivity index (χ4n) is 2.65. The van der Waals surface area contributed by atoms with Gasteiger partial charge in [-0.15, -0.1) is 0 Å². The van der Waals surface area contributed by atoms with E-state index in [1.54, 1.807) is 31.2 Å². The molecule has 0 bridgehead atoms. The van der Waals surface area contributed by atoms with E-state index in [0.29, 0.717) is 17.0 Å². The first-order valence-corrected chi connectivity index (χ1v) is 7.06. The van der Waals surface area contributed by atoms with E-state index < -0.39 is 5.82 Å². The Kier molecular flexibility index (Phi) is 3.39. The van der Waals surface area contributed by atoms with Gasteiger partial charge in [-0.3, -0.25) is 4.79 Å². The van der Waals surface area contributed by atoms with Gasteiger partial charge in [-0.2, -0.15) is 0 Å². The molecule has 0 saturated heterocycles. The monoisotopic (exact) mass is 268 g/mol. The molecule has 3 rings (SSSR count). The molecule has 0 aliphatic heterocycles. The SMILES string of the molecule is Cc1cccc(C(=O)c2cccc(C3CCC3)c2)c1F. The Hall–Kier alpha value is -1.96. The lowest BCUT2D eigenvalue weighted by atomic mass is 9.79. The van der Waals surface area contributed by atoms with Gasteiger partial charge in [0, 0.05) is 5.56 Å². The molecule has 0 heterocycles. The van der Waals surface area contributed by atoms with Crippen LogP contribution in [0, 0.1) is 12.7 Å². The Morgan fingerprint density at radius 3 is 2.60 bits per heavy atom. The van der Waals surface area contributed by atoms with Gasteiger partial charge >= 0.3 is 0 Å². The molecule has 0 unspecified atom stereocenters. The van der Waals surface area contributed by atoms with Crippen LogP contribution in [0.1, 0.15) is 52.2 Å². The third kappa shape index (κ3) is 2.26. The standard InChI is InChI=1S/C18H17FO/c1-12-5-2-10-16(17(12)19)18(20)15-9-4-8-14(11-15)13-6-3-7-13/h2,4-5,8-11,13H,3,6-7H2,1H3. The molecule has 1 nitrogen and oxygen atoms in total. The van der Waals surface area contributed by atoms with E-state index in [2.05, 4.69) is 6.07 Å². The van der Waals surface area contributed by atoms with Crippen molar-refractivity contribution in [2.75, 3.05) is 0 Å². The maximum atomic E-state index is 14.1. The van der Waals surface area contributed by atoms with Crippen molar-refractivity contribution >= 4 is 5.78 Å². The lowest BCUT2D eigenvalue weighted by Crippen LogP contribution is -2.11. The summed E-state index contributed by atoms with van der Waals surface area (Å²) in [5, 5.41) is 0. The minimum absolute atomic E-state index is 0.163. The molecule has 0 N–H and O–H groups in total. The van der Waals surface area contributed by atoms with Crippen LogP contribution >= 0.6 is 0 Å². The zero-order valence-electron chi connectivity index (χ0n) is 11.5. The molecule has 1 aliphatic rings. The average molecular weight is 268 g/mol. The Labute approximate surface area is 118 Å². The van der Waals surface area contributed by atoms with Gasteiger partial charge in [0.15, 0.2) is 5.78 Å². The topological polar surface area (TPSA) is 17.1 Å². The smallest absolute Gasteiger partial charge is 0.195 e. The highest BCUT2D eigenvalue weighted by Gasteiger charge is 2.21. The van der Waals surface area contributed by atoms with Crippen molar-refractivity contribution in [2.45, 2.75) is 32.1 Å². The van der Waals surface area contributed by atoms with E-state index in [1.807, 2.05) is 12.1 Å². The molecule has 2 heteroatoms. The second-order valence-corrected chi connectivity index (χ2v) is 5.52. The molecular formula is C18H17FO. The Bertz CT molecular complexity index is 656. The van der Waals surface area contributed by atoms with E-state index in [4.69, 9.17) is 0 Å². The number of rotatable bonds is 3. The van der Waals surface area contributed by atoms with Crippen LogP contribution in [-0.4, -0.2) is 5.78 Å². The van der Waals surface area contributed by atoms with Crippen LogP contribution in [0.25, 0.3) is 0 Å². The number of benzene rings is 2. The van der Waals surface area contributed by atoms with Crippen LogP contribution in [0.5, 0.6) is 0 Å². The van der Waals surface area contributed by atoms with Crippen molar-refractivity contribution < 1.29 is 9.18 Å². The Balaban J connectivity index is 1.95. The van der Waals surface area contributed by atoms with Crippen molar-refractivity contribution in [1.82, 2.24) is 0 Å². The van der Waals surface area contributed by atoms with Crippen molar-refractivity contribution in [3.63, 3.8) is 0 Å². The quantitative estimate of drug-likeness (QED) is 0.741. The molecule has 102 valence electrons. The first kappa shape index (κ1) is 13.0. The highest BCUT2D eigenvalue weighted by atomic mass is 19.1. The molecule has 1 aliphatic carbocycles. The molecule has 0 radical (unpaired) electrons. The summed E-state index contributed by atoms with van der Waals surface area (Å²) in [4.78, 5) is 12.5. The van der Waals surface area contributed by atoms with E-state index in [-0.39, 0.29) is 11.3 Å². The third-order valence-electron chi connectivity index (χ3n) is 4.16. The predicted molar refractivity (Wildman–Crippen MR) is 77.6 cm³/mol. The molecule has 1 fully saturated rings. The van der Waals surface area contributed by atoms with Crippen LogP contribution in [0.4, 0.5) is 4.39 Å². The van der Waals surface area contributed by atoms with E-state index >= 15 is 0 Å². The zero-order valence-corrected chi connectivity index (χ0v) is 11.5.